The van der Waals surface area contributed by atoms with E-state index in [0.717, 1.165) is 21.3 Å². The van der Waals surface area contributed by atoms with E-state index in [9.17, 15) is 4.79 Å². The molecule has 3 heterocycles. The largest absolute Gasteiger partial charge is 0.493 e. The van der Waals surface area contributed by atoms with Gasteiger partial charge in [-0.05, 0) is 42.0 Å². The molecule has 1 atom stereocenters. The Hall–Kier alpha value is -2.78. The number of thioether (sulfide) groups is 1. The third kappa shape index (κ3) is 4.14. The van der Waals surface area contributed by atoms with Gasteiger partial charge < -0.3 is 14.0 Å². The van der Waals surface area contributed by atoms with Crippen LogP contribution in [0, 0.1) is 0 Å². The summed E-state index contributed by atoms with van der Waals surface area (Å²) in [4.78, 5) is 18.8. The summed E-state index contributed by atoms with van der Waals surface area (Å²) >= 11 is 3.11. The lowest BCUT2D eigenvalue weighted by molar-refractivity contribution is -0.130. The van der Waals surface area contributed by atoms with Crippen LogP contribution in [0.15, 0.2) is 58.4 Å². The van der Waals surface area contributed by atoms with Gasteiger partial charge >= 0.3 is 0 Å². The molecule has 0 saturated heterocycles. The van der Waals surface area contributed by atoms with Crippen molar-refractivity contribution in [1.29, 1.82) is 0 Å². The van der Waals surface area contributed by atoms with Crippen LogP contribution < -0.4 is 9.47 Å². The molecule has 0 radical (unpaired) electrons. The zero-order valence-electron chi connectivity index (χ0n) is 17.9. The van der Waals surface area contributed by atoms with Crippen molar-refractivity contribution in [2.24, 2.45) is 5.10 Å². The third-order valence-electron chi connectivity index (χ3n) is 5.66. The molecule has 2 aromatic heterocycles. The number of hydrogen-bond donors (Lipinski definition) is 0. The molecular formula is C23H24N4O3S2. The molecule has 2 aliphatic rings. The van der Waals surface area contributed by atoms with Crippen LogP contribution in [0.25, 0.3) is 0 Å². The Balaban J connectivity index is 1.39. The Kier molecular flexibility index (Phi) is 5.93. The molecule has 1 amide bonds. The monoisotopic (exact) mass is 468 g/mol. The summed E-state index contributed by atoms with van der Waals surface area (Å²) in [7, 11) is 3.23. The maximum Gasteiger partial charge on any atom is 0.253 e. The maximum absolute atomic E-state index is 13.3. The molecule has 1 aliphatic carbocycles. The van der Waals surface area contributed by atoms with Crippen molar-refractivity contribution < 1.29 is 14.3 Å². The fourth-order valence-electron chi connectivity index (χ4n) is 3.89. The van der Waals surface area contributed by atoms with Gasteiger partial charge in [0.2, 0.25) is 0 Å². The summed E-state index contributed by atoms with van der Waals surface area (Å²) in [6, 6.07) is 10.2. The van der Waals surface area contributed by atoms with Crippen molar-refractivity contribution >= 4 is 34.7 Å². The highest BCUT2D eigenvalue weighted by Crippen LogP contribution is 2.40. The average molecular weight is 469 g/mol. The number of methoxy groups -OCH3 is 2. The van der Waals surface area contributed by atoms with Crippen LogP contribution in [0.4, 0.5) is 0 Å². The van der Waals surface area contributed by atoms with Gasteiger partial charge in [-0.3, -0.25) is 4.79 Å². The van der Waals surface area contributed by atoms with Gasteiger partial charge in [-0.25, -0.2) is 9.99 Å². The summed E-state index contributed by atoms with van der Waals surface area (Å²) in [5.41, 5.74) is 1.90. The number of carbonyl (C=O) groups is 1. The first-order valence-corrected chi connectivity index (χ1v) is 12.4. The van der Waals surface area contributed by atoms with E-state index < -0.39 is 0 Å². The summed E-state index contributed by atoms with van der Waals surface area (Å²) in [6.07, 6.45) is 6.82. The lowest BCUT2D eigenvalue weighted by atomic mass is 10.0. The van der Waals surface area contributed by atoms with Crippen LogP contribution in [0.5, 0.6) is 11.5 Å². The fraction of sp³-hybridized carbons (Fsp3) is 0.348. The summed E-state index contributed by atoms with van der Waals surface area (Å²) in [5, 5.41) is 9.31. The van der Waals surface area contributed by atoms with Gasteiger partial charge in [-0.2, -0.15) is 5.10 Å². The van der Waals surface area contributed by atoms with E-state index in [4.69, 9.17) is 14.6 Å². The highest BCUT2D eigenvalue weighted by molar-refractivity contribution is 7.99. The van der Waals surface area contributed by atoms with E-state index >= 15 is 0 Å². The molecule has 1 saturated carbocycles. The first-order valence-electron chi connectivity index (χ1n) is 10.5. The molecule has 7 nitrogen and oxygen atoms in total. The van der Waals surface area contributed by atoms with Gasteiger partial charge in [0, 0.05) is 24.9 Å². The number of amides is 1. The van der Waals surface area contributed by atoms with Crippen LogP contribution in [0.2, 0.25) is 0 Å². The van der Waals surface area contributed by atoms with Crippen molar-refractivity contribution in [3.8, 4) is 11.5 Å². The number of carbonyl (C=O) groups excluding carboxylic acids is 1. The third-order valence-corrected chi connectivity index (χ3v) is 7.55. The second-order valence-electron chi connectivity index (χ2n) is 7.73. The fourth-order valence-corrected chi connectivity index (χ4v) is 5.49. The molecule has 3 aromatic rings. The quantitative estimate of drug-likeness (QED) is 0.446. The Bertz CT molecular complexity index is 1140. The minimum atomic E-state index is -0.191. The van der Waals surface area contributed by atoms with E-state index in [1.165, 1.54) is 24.6 Å². The lowest BCUT2D eigenvalue weighted by Gasteiger charge is -2.23. The number of hydrazone groups is 1. The number of ether oxygens (including phenoxy) is 2. The van der Waals surface area contributed by atoms with Gasteiger partial charge in [0.1, 0.15) is 0 Å². The van der Waals surface area contributed by atoms with E-state index in [-0.39, 0.29) is 17.7 Å². The lowest BCUT2D eigenvalue weighted by Crippen LogP contribution is -2.28. The topological polar surface area (TPSA) is 69.0 Å². The predicted molar refractivity (Wildman–Crippen MR) is 126 cm³/mol. The molecule has 0 N–H and O–H groups in total. The van der Waals surface area contributed by atoms with E-state index in [1.807, 2.05) is 41.9 Å². The van der Waals surface area contributed by atoms with Crippen molar-refractivity contribution in [3.05, 3.63) is 58.5 Å². The van der Waals surface area contributed by atoms with Gasteiger partial charge in [0.25, 0.3) is 5.91 Å². The molecule has 5 rings (SSSR count). The Morgan fingerprint density at radius 2 is 2.06 bits per heavy atom. The highest BCUT2D eigenvalue weighted by atomic mass is 32.2. The van der Waals surface area contributed by atoms with E-state index in [1.54, 1.807) is 36.8 Å². The summed E-state index contributed by atoms with van der Waals surface area (Å²) in [5.74, 6) is 1.55. The number of rotatable bonds is 8. The van der Waals surface area contributed by atoms with Crippen molar-refractivity contribution in [3.63, 3.8) is 0 Å². The van der Waals surface area contributed by atoms with Crippen LogP contribution in [0.1, 0.15) is 41.8 Å². The molecule has 0 spiro atoms. The van der Waals surface area contributed by atoms with E-state index in [2.05, 4.69) is 9.55 Å². The average Bonchev–Trinajstić information content (AvgIpc) is 3.23. The zero-order chi connectivity index (χ0) is 22.1. The molecule has 32 heavy (non-hydrogen) atoms. The van der Waals surface area contributed by atoms with E-state index in [0.29, 0.717) is 24.0 Å². The minimum absolute atomic E-state index is 0.0355. The number of hydrogen-bond acceptors (Lipinski definition) is 7. The van der Waals surface area contributed by atoms with Crippen molar-refractivity contribution in [2.75, 3.05) is 20.0 Å². The second kappa shape index (κ2) is 8.99. The molecule has 1 unspecified atom stereocenters. The molecule has 1 aliphatic heterocycles. The summed E-state index contributed by atoms with van der Waals surface area (Å²) in [6.45, 7) is 0. The molecule has 166 valence electrons. The van der Waals surface area contributed by atoms with Crippen LogP contribution >= 0.6 is 23.1 Å². The standard InChI is InChI=1S/C23H24N4O3S2/c1-29-19-8-5-15(12-20(19)30-2)18-13-17(21-4-3-11-31-21)25-27(18)22(28)14-32-23-24-9-10-26(23)16-6-7-16/h3-5,8-12,16,18H,6-7,13-14H2,1-2H3. The number of thiophene rings is 1. The van der Waals surface area contributed by atoms with Gasteiger partial charge in [-0.1, -0.05) is 23.9 Å². The van der Waals surface area contributed by atoms with Crippen LogP contribution in [-0.4, -0.2) is 46.2 Å². The Labute approximate surface area is 195 Å². The van der Waals surface area contributed by atoms with Crippen molar-refractivity contribution in [2.45, 2.75) is 36.5 Å². The first kappa shape index (κ1) is 21.1. The van der Waals surface area contributed by atoms with Gasteiger partial charge in [0.15, 0.2) is 16.7 Å². The van der Waals surface area contributed by atoms with Crippen LogP contribution in [-0.2, 0) is 4.79 Å². The predicted octanol–water partition coefficient (Wildman–Crippen LogP) is 4.77. The van der Waals surface area contributed by atoms with Crippen molar-refractivity contribution in [1.82, 2.24) is 14.6 Å². The first-order chi connectivity index (χ1) is 15.7. The SMILES string of the molecule is COc1ccc(C2CC(c3cccs3)=NN2C(=O)CSc2nccn2C2CC2)cc1OC. The van der Waals surface area contributed by atoms with Gasteiger partial charge in [0.05, 0.1) is 36.6 Å². The minimum Gasteiger partial charge on any atom is -0.493 e. The highest BCUT2D eigenvalue weighted by Gasteiger charge is 2.34. The Morgan fingerprint density at radius 3 is 2.78 bits per heavy atom. The smallest absolute Gasteiger partial charge is 0.253 e. The molecule has 9 heteroatoms. The number of benzene rings is 1. The molecule has 0 bridgehead atoms. The molecular weight excluding hydrogens is 444 g/mol. The zero-order valence-corrected chi connectivity index (χ0v) is 19.6. The second-order valence-corrected chi connectivity index (χ2v) is 9.62. The number of nitrogens with zero attached hydrogens (tertiary/aromatic N) is 4. The maximum atomic E-state index is 13.3. The Morgan fingerprint density at radius 1 is 1.22 bits per heavy atom. The summed E-state index contributed by atoms with van der Waals surface area (Å²) < 4.78 is 13.0. The number of aromatic nitrogens is 2. The molecule has 1 fully saturated rings. The normalized spacial score (nSPS) is 18.0. The van der Waals surface area contributed by atoms with Crippen LogP contribution in [0.3, 0.4) is 0 Å². The molecule has 1 aromatic carbocycles. The number of imidazole rings is 1. The van der Waals surface area contributed by atoms with Gasteiger partial charge in [-0.15, -0.1) is 11.3 Å².